The molecule has 4 nitrogen and oxygen atoms in total. The molecule has 0 unspecified atom stereocenters. The van der Waals surface area contributed by atoms with E-state index in [4.69, 9.17) is 9.05 Å². The third-order valence-corrected chi connectivity index (χ3v) is 4.35. The summed E-state index contributed by atoms with van der Waals surface area (Å²) in [4.78, 5) is 0. The fourth-order valence-electron chi connectivity index (χ4n) is 0.640. The highest BCUT2D eigenvalue weighted by Gasteiger charge is 2.15. The molecule has 0 saturated heterocycles. The van der Waals surface area contributed by atoms with Crippen LogP contribution in [0.25, 0.3) is 0 Å². The number of hydrogen-bond acceptors (Lipinski definition) is 5. The molecule has 0 N–H and O–H groups in total. The van der Waals surface area contributed by atoms with Crippen LogP contribution in [-0.4, -0.2) is 24.6 Å². The lowest BCUT2D eigenvalue weighted by molar-refractivity contribution is 0.234. The van der Waals surface area contributed by atoms with E-state index in [1.807, 2.05) is 0 Å². The molecule has 0 rings (SSSR count). The Bertz CT molecular complexity index is 234. The standard InChI is InChI=1S/C6H14O4PS/c1-4-9-11(7,10-5-2)6-12(3)8/h6H,4-5H2,1-3H3/q-1. The summed E-state index contributed by atoms with van der Waals surface area (Å²) in [5.74, 6) is 0. The molecule has 0 aromatic rings. The summed E-state index contributed by atoms with van der Waals surface area (Å²) in [7, 11) is -4.48. The van der Waals surface area contributed by atoms with Crippen molar-refractivity contribution in [3.05, 3.63) is 0 Å². The minimum atomic E-state index is -3.20. The van der Waals surface area contributed by atoms with E-state index in [2.05, 4.69) is 0 Å². The molecule has 0 radical (unpaired) electrons. The summed E-state index contributed by atoms with van der Waals surface area (Å²) in [6, 6.07) is 0. The molecule has 0 aliphatic rings. The monoisotopic (exact) mass is 213 g/mol. The Kier molecular flexibility index (Phi) is 5.84. The molecule has 0 atom stereocenters. The van der Waals surface area contributed by atoms with Gasteiger partial charge in [-0.05, 0) is 13.8 Å². The maximum Gasteiger partial charge on any atom is 0.331 e. The highest BCUT2D eigenvalue weighted by molar-refractivity contribution is 7.97. The van der Waals surface area contributed by atoms with E-state index >= 15 is 0 Å². The first kappa shape index (κ1) is 12.2. The van der Waals surface area contributed by atoms with Crippen LogP contribution in [0.1, 0.15) is 13.8 Å². The first-order valence-corrected chi connectivity index (χ1v) is 6.84. The molecular formula is C6H14O4PS-. The molecule has 12 heavy (non-hydrogen) atoms. The largest absolute Gasteiger partial charge is 0.461 e. The Labute approximate surface area is 74.8 Å². The van der Waals surface area contributed by atoms with Gasteiger partial charge >= 0.3 is 7.60 Å². The van der Waals surface area contributed by atoms with Gasteiger partial charge in [0, 0.05) is 0 Å². The number of rotatable bonds is 5. The van der Waals surface area contributed by atoms with Crippen molar-refractivity contribution in [2.75, 3.05) is 19.5 Å². The summed E-state index contributed by atoms with van der Waals surface area (Å²) in [5.41, 5.74) is 0. The minimum Gasteiger partial charge on any atom is -0.461 e. The van der Waals surface area contributed by atoms with Crippen molar-refractivity contribution in [3.63, 3.8) is 0 Å². The molecule has 6 heteroatoms. The Morgan fingerprint density at radius 3 is 2.00 bits per heavy atom. The Hall–Kier alpha value is 0.170. The van der Waals surface area contributed by atoms with Crippen molar-refractivity contribution in [2.45, 2.75) is 13.8 Å². The molecule has 0 aliphatic heterocycles. The van der Waals surface area contributed by atoms with Gasteiger partial charge in [0.1, 0.15) is 0 Å². The van der Waals surface area contributed by atoms with Gasteiger partial charge in [-0.15, -0.1) is 6.26 Å². The van der Waals surface area contributed by atoms with E-state index in [-0.39, 0.29) is 13.2 Å². The summed E-state index contributed by atoms with van der Waals surface area (Å²) < 4.78 is 32.0. The van der Waals surface area contributed by atoms with Crippen molar-refractivity contribution in [2.24, 2.45) is 0 Å². The summed E-state index contributed by atoms with van der Waals surface area (Å²) in [6.45, 7) is 3.98. The van der Waals surface area contributed by atoms with E-state index in [1.54, 1.807) is 13.8 Å². The van der Waals surface area contributed by atoms with Crippen LogP contribution in [0.15, 0.2) is 0 Å². The minimum absolute atomic E-state index is 0.283. The molecule has 0 saturated carbocycles. The molecule has 0 heterocycles. The van der Waals surface area contributed by atoms with Gasteiger partial charge in [-0.3, -0.25) is 15.0 Å². The second-order valence-electron chi connectivity index (χ2n) is 1.98. The molecule has 0 aromatic heterocycles. The van der Waals surface area contributed by atoms with Gasteiger partial charge in [0.15, 0.2) is 0 Å². The van der Waals surface area contributed by atoms with Gasteiger partial charge < -0.3 is 13.3 Å². The predicted molar refractivity (Wildman–Crippen MR) is 50.9 cm³/mol. The SMILES string of the molecule is CCOP(=O)(C=[S-](C)=O)OCC. The smallest absolute Gasteiger partial charge is 0.331 e. The van der Waals surface area contributed by atoms with Gasteiger partial charge in [0.05, 0.1) is 13.2 Å². The van der Waals surface area contributed by atoms with Crippen molar-refractivity contribution >= 4 is 23.1 Å². The molecule has 0 bridgehead atoms. The average molecular weight is 213 g/mol. The highest BCUT2D eigenvalue weighted by Crippen LogP contribution is 2.44. The molecule has 0 spiro atoms. The van der Waals surface area contributed by atoms with Crippen LogP contribution < -0.4 is 0 Å². The predicted octanol–water partition coefficient (Wildman–Crippen LogP) is 1.61. The Balaban J connectivity index is 4.51. The van der Waals surface area contributed by atoms with Crippen molar-refractivity contribution in [1.29, 1.82) is 0 Å². The zero-order valence-corrected chi connectivity index (χ0v) is 9.19. The highest BCUT2D eigenvalue weighted by atomic mass is 32.2. The Morgan fingerprint density at radius 2 is 1.75 bits per heavy atom. The lowest BCUT2D eigenvalue weighted by Gasteiger charge is -2.14. The summed E-state index contributed by atoms with van der Waals surface area (Å²) in [5, 5.41) is 1.11. The zero-order chi connectivity index (χ0) is 9.61. The molecule has 0 aromatic carbocycles. The maximum atomic E-state index is 11.5. The molecular weight excluding hydrogens is 199 g/mol. The maximum absolute atomic E-state index is 11.5. The van der Waals surface area contributed by atoms with Crippen molar-refractivity contribution in [1.82, 2.24) is 0 Å². The van der Waals surface area contributed by atoms with Gasteiger partial charge in [0.2, 0.25) is 0 Å². The fraction of sp³-hybridized carbons (Fsp3) is 0.833. The first-order chi connectivity index (χ1) is 5.54. The lowest BCUT2D eigenvalue weighted by Crippen LogP contribution is -1.97. The quantitative estimate of drug-likeness (QED) is 0.395. The normalized spacial score (nSPS) is 14.9. The summed E-state index contributed by atoms with van der Waals surface area (Å²) in [6.07, 6.45) is 1.42. The van der Waals surface area contributed by atoms with Gasteiger partial charge in [-0.1, -0.05) is 5.11 Å². The second-order valence-corrected chi connectivity index (χ2v) is 5.42. The van der Waals surface area contributed by atoms with Crippen LogP contribution in [0, 0.1) is 0 Å². The molecule has 0 fully saturated rings. The van der Waals surface area contributed by atoms with Crippen LogP contribution in [0.4, 0.5) is 0 Å². The van der Waals surface area contributed by atoms with Crippen molar-refractivity contribution in [3.8, 4) is 0 Å². The topological polar surface area (TPSA) is 52.6 Å². The van der Waals surface area contributed by atoms with Gasteiger partial charge in [-0.2, -0.15) is 0 Å². The van der Waals surface area contributed by atoms with E-state index in [9.17, 15) is 8.77 Å². The first-order valence-electron chi connectivity index (χ1n) is 3.61. The van der Waals surface area contributed by atoms with E-state index in [0.29, 0.717) is 0 Å². The van der Waals surface area contributed by atoms with Gasteiger partial charge in [0.25, 0.3) is 0 Å². The average Bonchev–Trinajstić information content (AvgIpc) is 1.85. The molecule has 74 valence electrons. The Morgan fingerprint density at radius 1 is 1.33 bits per heavy atom. The van der Waals surface area contributed by atoms with Crippen LogP contribution in [0.2, 0.25) is 0 Å². The fourth-order valence-corrected chi connectivity index (χ4v) is 3.38. The van der Waals surface area contributed by atoms with Crippen LogP contribution in [0.3, 0.4) is 0 Å². The zero-order valence-electron chi connectivity index (χ0n) is 7.48. The van der Waals surface area contributed by atoms with Crippen LogP contribution in [0.5, 0.6) is 0 Å². The van der Waals surface area contributed by atoms with Crippen molar-refractivity contribution < 1.29 is 17.8 Å². The second kappa shape index (κ2) is 5.75. The van der Waals surface area contributed by atoms with E-state index in [0.717, 1.165) is 5.11 Å². The van der Waals surface area contributed by atoms with Crippen LogP contribution >= 0.6 is 7.60 Å². The van der Waals surface area contributed by atoms with Gasteiger partial charge in [-0.25, -0.2) is 0 Å². The van der Waals surface area contributed by atoms with E-state index in [1.165, 1.54) is 6.26 Å². The molecule has 0 aliphatic carbocycles. The number of hydrogen-bond donors (Lipinski definition) is 0. The third kappa shape index (κ3) is 4.93. The lowest BCUT2D eigenvalue weighted by atomic mass is 10.9. The summed E-state index contributed by atoms with van der Waals surface area (Å²) >= 11 is 0. The van der Waals surface area contributed by atoms with Crippen LogP contribution in [-0.2, 0) is 28.2 Å². The molecule has 0 amide bonds. The van der Waals surface area contributed by atoms with E-state index < -0.39 is 18.0 Å². The third-order valence-electron chi connectivity index (χ3n) is 0.896.